The Bertz CT molecular complexity index is 470. The molecule has 4 nitrogen and oxygen atoms in total. The summed E-state index contributed by atoms with van der Waals surface area (Å²) < 4.78 is 13.4. The minimum absolute atomic E-state index is 0. The van der Waals surface area contributed by atoms with Gasteiger partial charge in [0, 0.05) is 31.4 Å². The third-order valence-electron chi connectivity index (χ3n) is 3.28. The highest BCUT2D eigenvalue weighted by Crippen LogP contribution is 2.13. The molecule has 1 saturated heterocycles. The van der Waals surface area contributed by atoms with Crippen LogP contribution >= 0.6 is 12.4 Å². The number of aryl methyl sites for hydroxylation is 1. The van der Waals surface area contributed by atoms with Crippen molar-refractivity contribution >= 4 is 24.0 Å². The fraction of sp³-hybridized carbons (Fsp3) is 0.500. The molecule has 0 spiro atoms. The highest BCUT2D eigenvalue weighted by atomic mass is 35.5. The third-order valence-corrected chi connectivity index (χ3v) is 3.28. The number of anilines is 1. The molecule has 6 heteroatoms. The van der Waals surface area contributed by atoms with E-state index in [1.165, 1.54) is 6.07 Å². The quantitative estimate of drug-likeness (QED) is 0.894. The van der Waals surface area contributed by atoms with Crippen molar-refractivity contribution < 1.29 is 9.18 Å². The fourth-order valence-electron chi connectivity index (χ4n) is 2.23. The number of halogens is 2. The monoisotopic (exact) mass is 301 g/mol. The molecule has 1 heterocycles. The van der Waals surface area contributed by atoms with Gasteiger partial charge in [-0.05, 0) is 31.5 Å². The Kier molecular flexibility index (Phi) is 6.39. The van der Waals surface area contributed by atoms with Crippen LogP contribution in [-0.2, 0) is 4.79 Å². The zero-order valence-corrected chi connectivity index (χ0v) is 12.6. The molecule has 0 saturated carbocycles. The van der Waals surface area contributed by atoms with Crippen LogP contribution in [0, 0.1) is 12.7 Å². The van der Waals surface area contributed by atoms with Gasteiger partial charge in [-0.3, -0.25) is 9.69 Å². The van der Waals surface area contributed by atoms with Crippen molar-refractivity contribution in [2.45, 2.75) is 19.9 Å². The number of carbonyl (C=O) groups is 1. The van der Waals surface area contributed by atoms with Gasteiger partial charge in [0.2, 0.25) is 5.91 Å². The minimum Gasteiger partial charge on any atom is -0.325 e. The topological polar surface area (TPSA) is 44.4 Å². The van der Waals surface area contributed by atoms with Gasteiger partial charge in [0.15, 0.2) is 0 Å². The molecule has 112 valence electrons. The van der Waals surface area contributed by atoms with Gasteiger partial charge in [0.05, 0.1) is 6.54 Å². The molecular weight excluding hydrogens is 281 g/mol. The highest BCUT2D eigenvalue weighted by Gasteiger charge is 2.17. The SMILES string of the molecule is Cc1ccc(NC(=O)CN2CCNC(C)C2)cc1F.Cl. The van der Waals surface area contributed by atoms with Crippen molar-refractivity contribution in [2.24, 2.45) is 0 Å². The van der Waals surface area contributed by atoms with E-state index in [0.29, 0.717) is 23.8 Å². The molecule has 1 aliphatic rings. The van der Waals surface area contributed by atoms with Gasteiger partial charge in [-0.25, -0.2) is 4.39 Å². The zero-order valence-electron chi connectivity index (χ0n) is 11.8. The van der Waals surface area contributed by atoms with Gasteiger partial charge >= 0.3 is 0 Å². The second kappa shape index (κ2) is 7.57. The Labute approximate surface area is 125 Å². The number of benzene rings is 1. The second-order valence-electron chi connectivity index (χ2n) is 5.10. The molecule has 0 aromatic heterocycles. The van der Waals surface area contributed by atoms with E-state index in [4.69, 9.17) is 0 Å². The normalized spacial score (nSPS) is 19.2. The molecule has 2 N–H and O–H groups in total. The lowest BCUT2D eigenvalue weighted by Gasteiger charge is -2.31. The summed E-state index contributed by atoms with van der Waals surface area (Å²) in [6.45, 7) is 6.76. The van der Waals surface area contributed by atoms with Crippen LogP contribution in [0.15, 0.2) is 18.2 Å². The van der Waals surface area contributed by atoms with Crippen molar-refractivity contribution in [3.63, 3.8) is 0 Å². The van der Waals surface area contributed by atoms with Crippen molar-refractivity contribution in [3.8, 4) is 0 Å². The van der Waals surface area contributed by atoms with Crippen molar-refractivity contribution in [1.82, 2.24) is 10.2 Å². The number of piperazine rings is 1. The number of nitrogens with zero attached hydrogens (tertiary/aromatic N) is 1. The summed E-state index contributed by atoms with van der Waals surface area (Å²) in [4.78, 5) is 14.0. The Hall–Kier alpha value is -1.17. The first-order valence-corrected chi connectivity index (χ1v) is 6.56. The Morgan fingerprint density at radius 3 is 2.95 bits per heavy atom. The predicted octanol–water partition coefficient (Wildman–Crippen LogP) is 1.79. The predicted molar refractivity (Wildman–Crippen MR) is 80.9 cm³/mol. The van der Waals surface area contributed by atoms with Crippen LogP contribution in [-0.4, -0.2) is 43.0 Å². The average Bonchev–Trinajstić information content (AvgIpc) is 2.34. The summed E-state index contributed by atoms with van der Waals surface area (Å²) in [5, 5.41) is 6.06. The lowest BCUT2D eigenvalue weighted by Crippen LogP contribution is -2.51. The first kappa shape index (κ1) is 16.9. The Morgan fingerprint density at radius 1 is 1.55 bits per heavy atom. The fourth-order valence-corrected chi connectivity index (χ4v) is 2.23. The van der Waals surface area contributed by atoms with Gasteiger partial charge in [0.25, 0.3) is 0 Å². The maximum Gasteiger partial charge on any atom is 0.238 e. The number of carbonyl (C=O) groups excluding carboxylic acids is 1. The lowest BCUT2D eigenvalue weighted by atomic mass is 10.2. The molecule has 1 aromatic carbocycles. The van der Waals surface area contributed by atoms with Crippen molar-refractivity contribution in [1.29, 1.82) is 0 Å². The second-order valence-corrected chi connectivity index (χ2v) is 5.10. The standard InChI is InChI=1S/C14H20FN3O.ClH/c1-10-3-4-12(7-13(10)15)17-14(19)9-18-6-5-16-11(2)8-18;/h3-4,7,11,16H,5-6,8-9H2,1-2H3,(H,17,19);1H. The van der Waals surface area contributed by atoms with E-state index < -0.39 is 0 Å². The largest absolute Gasteiger partial charge is 0.325 e. The van der Waals surface area contributed by atoms with E-state index in [9.17, 15) is 9.18 Å². The van der Waals surface area contributed by atoms with Gasteiger partial charge in [-0.2, -0.15) is 0 Å². The van der Waals surface area contributed by atoms with E-state index in [1.807, 2.05) is 0 Å². The molecule has 2 rings (SSSR count). The van der Waals surface area contributed by atoms with Crippen LogP contribution in [0.1, 0.15) is 12.5 Å². The summed E-state index contributed by atoms with van der Waals surface area (Å²) in [6.07, 6.45) is 0. The molecular formula is C14H21ClFN3O. The first-order valence-electron chi connectivity index (χ1n) is 6.56. The molecule has 1 unspecified atom stereocenters. The zero-order chi connectivity index (χ0) is 13.8. The number of hydrogen-bond donors (Lipinski definition) is 2. The molecule has 1 amide bonds. The highest BCUT2D eigenvalue weighted by molar-refractivity contribution is 5.92. The van der Waals surface area contributed by atoms with Crippen molar-refractivity contribution in [3.05, 3.63) is 29.6 Å². The van der Waals surface area contributed by atoms with E-state index >= 15 is 0 Å². The number of hydrogen-bond acceptors (Lipinski definition) is 3. The Morgan fingerprint density at radius 2 is 2.30 bits per heavy atom. The first-order chi connectivity index (χ1) is 9.04. The molecule has 20 heavy (non-hydrogen) atoms. The van der Waals surface area contributed by atoms with Crippen LogP contribution in [0.5, 0.6) is 0 Å². The molecule has 1 aliphatic heterocycles. The number of amides is 1. The van der Waals surface area contributed by atoms with Crippen LogP contribution < -0.4 is 10.6 Å². The maximum atomic E-state index is 13.4. The Balaban J connectivity index is 0.00000200. The minimum atomic E-state index is -0.298. The van der Waals surface area contributed by atoms with Crippen LogP contribution in [0.2, 0.25) is 0 Å². The molecule has 0 aliphatic carbocycles. The molecule has 1 aromatic rings. The molecule has 1 fully saturated rings. The summed E-state index contributed by atoms with van der Waals surface area (Å²) in [7, 11) is 0. The molecule has 0 bridgehead atoms. The van der Waals surface area contributed by atoms with Gasteiger partial charge in [0.1, 0.15) is 5.82 Å². The summed E-state index contributed by atoms with van der Waals surface area (Å²) in [6, 6.07) is 5.14. The van der Waals surface area contributed by atoms with E-state index in [0.717, 1.165) is 19.6 Å². The van der Waals surface area contributed by atoms with Crippen molar-refractivity contribution in [2.75, 3.05) is 31.5 Å². The average molecular weight is 302 g/mol. The number of nitrogens with one attached hydrogen (secondary N) is 2. The molecule has 0 radical (unpaired) electrons. The van der Waals surface area contributed by atoms with Gasteiger partial charge in [-0.1, -0.05) is 6.07 Å². The van der Waals surface area contributed by atoms with Crippen LogP contribution in [0.4, 0.5) is 10.1 Å². The third kappa shape index (κ3) is 4.74. The van der Waals surface area contributed by atoms with E-state index in [1.54, 1.807) is 19.1 Å². The maximum absolute atomic E-state index is 13.4. The van der Waals surface area contributed by atoms with Gasteiger partial charge < -0.3 is 10.6 Å². The lowest BCUT2D eigenvalue weighted by molar-refractivity contribution is -0.117. The smallest absolute Gasteiger partial charge is 0.238 e. The van der Waals surface area contributed by atoms with Crippen LogP contribution in [0.3, 0.4) is 0 Å². The summed E-state index contributed by atoms with van der Waals surface area (Å²) in [5.74, 6) is -0.397. The number of rotatable bonds is 3. The van der Waals surface area contributed by atoms with Crippen LogP contribution in [0.25, 0.3) is 0 Å². The van der Waals surface area contributed by atoms with E-state index in [-0.39, 0.29) is 24.1 Å². The summed E-state index contributed by atoms with van der Waals surface area (Å²) >= 11 is 0. The van der Waals surface area contributed by atoms with Gasteiger partial charge in [-0.15, -0.1) is 12.4 Å². The van der Waals surface area contributed by atoms with E-state index in [2.05, 4.69) is 22.5 Å². The summed E-state index contributed by atoms with van der Waals surface area (Å²) in [5.41, 5.74) is 1.09. The molecule has 1 atom stereocenters.